The summed E-state index contributed by atoms with van der Waals surface area (Å²) in [6.07, 6.45) is 0. The number of urea groups is 1. The number of nitrogens with one attached hydrogen (secondary N) is 2. The van der Waals surface area contributed by atoms with E-state index < -0.39 is 6.03 Å². The second kappa shape index (κ2) is 11.2. The maximum absolute atomic E-state index is 13.0. The topological polar surface area (TPSA) is 73.9 Å². The van der Waals surface area contributed by atoms with Crippen LogP contribution in [-0.4, -0.2) is 49.6 Å². The Morgan fingerprint density at radius 3 is 2.35 bits per heavy atom. The molecule has 0 unspecified atom stereocenters. The average Bonchev–Trinajstić information content (AvgIpc) is 2.88. The average molecular weight is 463 g/mol. The lowest BCUT2D eigenvalue weighted by Gasteiger charge is -2.36. The first-order valence-corrected chi connectivity index (χ1v) is 11.2. The molecule has 0 aromatic heterocycles. The minimum atomic E-state index is -0.466. The highest BCUT2D eigenvalue weighted by atomic mass is 19.1. The lowest BCUT2D eigenvalue weighted by molar-refractivity contribution is -0.130. The van der Waals surface area contributed by atoms with Gasteiger partial charge < -0.3 is 25.2 Å². The molecule has 3 aromatic carbocycles. The monoisotopic (exact) mass is 462 g/mol. The molecule has 1 aliphatic rings. The first-order chi connectivity index (χ1) is 16.6. The van der Waals surface area contributed by atoms with Gasteiger partial charge in [0.05, 0.1) is 6.54 Å². The van der Waals surface area contributed by atoms with E-state index in [1.54, 1.807) is 41.3 Å². The molecular formula is C26H27FN4O3. The fraction of sp³-hybridized carbons (Fsp3) is 0.231. The van der Waals surface area contributed by atoms with Crippen LogP contribution in [0.25, 0.3) is 0 Å². The number of para-hydroxylation sites is 1. The number of hydrogen-bond acceptors (Lipinski definition) is 4. The van der Waals surface area contributed by atoms with E-state index in [0.717, 1.165) is 24.3 Å². The summed E-state index contributed by atoms with van der Waals surface area (Å²) >= 11 is 0. The van der Waals surface area contributed by atoms with Gasteiger partial charge in [-0.25, -0.2) is 9.18 Å². The Morgan fingerprint density at radius 2 is 1.62 bits per heavy atom. The fourth-order valence-electron chi connectivity index (χ4n) is 3.71. The first kappa shape index (κ1) is 23.1. The third kappa shape index (κ3) is 6.48. The van der Waals surface area contributed by atoms with Crippen LogP contribution in [0.1, 0.15) is 5.56 Å². The van der Waals surface area contributed by atoms with Gasteiger partial charge in [-0.05, 0) is 42.0 Å². The summed E-state index contributed by atoms with van der Waals surface area (Å²) in [6, 6.07) is 22.7. The molecule has 1 saturated heterocycles. The highest BCUT2D eigenvalue weighted by Gasteiger charge is 2.21. The maximum atomic E-state index is 13.0. The third-order valence-electron chi connectivity index (χ3n) is 5.56. The van der Waals surface area contributed by atoms with Crippen LogP contribution < -0.4 is 20.3 Å². The van der Waals surface area contributed by atoms with E-state index in [2.05, 4.69) is 27.7 Å². The molecule has 0 radical (unpaired) electrons. The SMILES string of the molecule is O=C(NCC(=O)N1CCN(c2ccccc2)CC1)Nc1cccc(OCc2ccc(F)cc2)c1. The van der Waals surface area contributed by atoms with E-state index in [9.17, 15) is 14.0 Å². The van der Waals surface area contributed by atoms with E-state index >= 15 is 0 Å². The molecule has 34 heavy (non-hydrogen) atoms. The Labute approximate surface area is 198 Å². The van der Waals surface area contributed by atoms with Crippen molar-refractivity contribution in [1.82, 2.24) is 10.2 Å². The smallest absolute Gasteiger partial charge is 0.319 e. The first-order valence-electron chi connectivity index (χ1n) is 11.2. The van der Waals surface area contributed by atoms with Crippen LogP contribution in [0, 0.1) is 5.82 Å². The summed E-state index contributed by atoms with van der Waals surface area (Å²) < 4.78 is 18.7. The van der Waals surface area contributed by atoms with Crippen LogP contribution in [0.15, 0.2) is 78.9 Å². The van der Waals surface area contributed by atoms with Gasteiger partial charge in [0.15, 0.2) is 0 Å². The predicted molar refractivity (Wildman–Crippen MR) is 129 cm³/mol. The van der Waals surface area contributed by atoms with Crippen molar-refractivity contribution in [2.75, 3.05) is 42.9 Å². The second-order valence-corrected chi connectivity index (χ2v) is 7.95. The van der Waals surface area contributed by atoms with Crippen molar-refractivity contribution in [2.45, 2.75) is 6.61 Å². The number of piperazine rings is 1. The molecule has 0 saturated carbocycles. The van der Waals surface area contributed by atoms with Gasteiger partial charge in [-0.1, -0.05) is 36.4 Å². The highest BCUT2D eigenvalue weighted by molar-refractivity contribution is 5.92. The Balaban J connectivity index is 1.20. The summed E-state index contributed by atoms with van der Waals surface area (Å²) in [5, 5.41) is 5.34. The van der Waals surface area contributed by atoms with Gasteiger partial charge >= 0.3 is 6.03 Å². The van der Waals surface area contributed by atoms with Gasteiger partial charge in [-0.3, -0.25) is 4.79 Å². The van der Waals surface area contributed by atoms with Gasteiger partial charge in [-0.2, -0.15) is 0 Å². The molecule has 1 heterocycles. The van der Waals surface area contributed by atoms with Gasteiger partial charge in [0.2, 0.25) is 5.91 Å². The van der Waals surface area contributed by atoms with Crippen molar-refractivity contribution in [3.8, 4) is 5.75 Å². The Morgan fingerprint density at radius 1 is 0.882 bits per heavy atom. The molecule has 1 aliphatic heterocycles. The molecule has 3 aromatic rings. The molecule has 0 aliphatic carbocycles. The molecule has 7 nitrogen and oxygen atoms in total. The Hall–Kier alpha value is -4.07. The van der Waals surface area contributed by atoms with Crippen LogP contribution in [0.5, 0.6) is 5.75 Å². The molecular weight excluding hydrogens is 435 g/mol. The Bertz CT molecular complexity index is 1100. The summed E-state index contributed by atoms with van der Waals surface area (Å²) in [5.41, 5.74) is 2.52. The van der Waals surface area contributed by atoms with Gasteiger partial charge in [0.1, 0.15) is 18.2 Å². The largest absolute Gasteiger partial charge is 0.489 e. The number of anilines is 2. The fourth-order valence-corrected chi connectivity index (χ4v) is 3.71. The van der Waals surface area contributed by atoms with Crippen molar-refractivity contribution in [3.05, 3.63) is 90.2 Å². The minimum absolute atomic E-state index is 0.0715. The van der Waals surface area contributed by atoms with Crippen molar-refractivity contribution in [2.24, 2.45) is 0 Å². The summed E-state index contributed by atoms with van der Waals surface area (Å²) in [6.45, 7) is 2.95. The van der Waals surface area contributed by atoms with Crippen LogP contribution in [-0.2, 0) is 11.4 Å². The van der Waals surface area contributed by atoms with Crippen LogP contribution in [0.2, 0.25) is 0 Å². The van der Waals surface area contributed by atoms with Crippen molar-refractivity contribution >= 4 is 23.3 Å². The number of hydrogen-bond donors (Lipinski definition) is 2. The molecule has 4 rings (SSSR count). The van der Waals surface area contributed by atoms with Crippen molar-refractivity contribution < 1.29 is 18.7 Å². The maximum Gasteiger partial charge on any atom is 0.319 e. The summed E-state index contributed by atoms with van der Waals surface area (Å²) in [7, 11) is 0. The lowest BCUT2D eigenvalue weighted by Crippen LogP contribution is -2.51. The molecule has 0 bridgehead atoms. The summed E-state index contributed by atoms with van der Waals surface area (Å²) in [5.74, 6) is 0.155. The molecule has 0 spiro atoms. The predicted octanol–water partition coefficient (Wildman–Crippen LogP) is 3.88. The van der Waals surface area contributed by atoms with E-state index in [4.69, 9.17) is 4.74 Å². The second-order valence-electron chi connectivity index (χ2n) is 7.95. The standard InChI is InChI=1S/C26H27FN4O3/c27-21-11-9-20(10-12-21)19-34-24-8-4-5-22(17-24)29-26(33)28-18-25(32)31-15-13-30(14-16-31)23-6-2-1-3-7-23/h1-12,17H,13-16,18-19H2,(H2,28,29,33). The number of amides is 3. The Kier molecular flexibility index (Phi) is 7.60. The third-order valence-corrected chi connectivity index (χ3v) is 5.56. The molecule has 2 N–H and O–H groups in total. The number of rotatable bonds is 7. The van der Waals surface area contributed by atoms with Crippen molar-refractivity contribution in [1.29, 1.82) is 0 Å². The molecule has 0 atom stereocenters. The zero-order chi connectivity index (χ0) is 23.8. The van der Waals surface area contributed by atoms with Crippen molar-refractivity contribution in [3.63, 3.8) is 0 Å². The van der Waals surface area contributed by atoms with Crippen LogP contribution in [0.4, 0.5) is 20.6 Å². The highest BCUT2D eigenvalue weighted by Crippen LogP contribution is 2.19. The van der Waals surface area contributed by atoms with E-state index in [1.807, 2.05) is 18.2 Å². The van der Waals surface area contributed by atoms with Gasteiger partial charge in [-0.15, -0.1) is 0 Å². The van der Waals surface area contributed by atoms with E-state index in [-0.39, 0.29) is 24.9 Å². The number of benzene rings is 3. The van der Waals surface area contributed by atoms with Crippen LogP contribution in [0.3, 0.4) is 0 Å². The number of nitrogens with zero attached hydrogens (tertiary/aromatic N) is 2. The van der Waals surface area contributed by atoms with Gasteiger partial charge in [0.25, 0.3) is 0 Å². The number of halogens is 1. The lowest BCUT2D eigenvalue weighted by atomic mass is 10.2. The minimum Gasteiger partial charge on any atom is -0.489 e. The van der Waals surface area contributed by atoms with Crippen LogP contribution >= 0.6 is 0 Å². The van der Waals surface area contributed by atoms with E-state index in [1.165, 1.54) is 12.1 Å². The summed E-state index contributed by atoms with van der Waals surface area (Å²) in [4.78, 5) is 28.8. The molecule has 176 valence electrons. The number of carbonyl (C=O) groups is 2. The zero-order valence-electron chi connectivity index (χ0n) is 18.7. The normalized spacial score (nSPS) is 13.3. The quantitative estimate of drug-likeness (QED) is 0.559. The zero-order valence-corrected chi connectivity index (χ0v) is 18.7. The molecule has 8 heteroatoms. The molecule has 1 fully saturated rings. The van der Waals surface area contributed by atoms with E-state index in [0.29, 0.717) is 24.5 Å². The number of carbonyl (C=O) groups excluding carboxylic acids is 2. The van der Waals surface area contributed by atoms with Gasteiger partial charge in [0, 0.05) is 43.6 Å². The molecule has 3 amide bonds. The number of ether oxygens (including phenoxy) is 1.